The summed E-state index contributed by atoms with van der Waals surface area (Å²) in [5.74, 6) is 0. The third-order valence-electron chi connectivity index (χ3n) is 6.99. The van der Waals surface area contributed by atoms with E-state index >= 15 is 0 Å². The molecule has 7 rings (SSSR count). The van der Waals surface area contributed by atoms with Crippen molar-refractivity contribution in [3.63, 3.8) is 0 Å². The van der Waals surface area contributed by atoms with Crippen molar-refractivity contribution in [2.75, 3.05) is 0 Å². The molecular formula is C27H19BS2. The fraction of sp³-hybridized carbons (Fsp3) is 0.111. The van der Waals surface area contributed by atoms with Crippen LogP contribution >= 0.6 is 23.5 Å². The number of fused-ring (bicyclic) bond motifs is 8. The maximum absolute atomic E-state index is 2.41. The van der Waals surface area contributed by atoms with Gasteiger partial charge in [-0.3, -0.25) is 0 Å². The molecule has 30 heavy (non-hydrogen) atoms. The van der Waals surface area contributed by atoms with Crippen molar-refractivity contribution in [1.82, 2.24) is 0 Å². The van der Waals surface area contributed by atoms with E-state index in [9.17, 15) is 0 Å². The van der Waals surface area contributed by atoms with Gasteiger partial charge in [0, 0.05) is 25.0 Å². The van der Waals surface area contributed by atoms with Crippen molar-refractivity contribution >= 4 is 46.6 Å². The fourth-order valence-corrected chi connectivity index (χ4v) is 8.40. The highest BCUT2D eigenvalue weighted by Crippen LogP contribution is 2.53. The lowest BCUT2D eigenvalue weighted by molar-refractivity contribution is 0.648. The predicted octanol–water partition coefficient (Wildman–Crippen LogP) is 5.44. The van der Waals surface area contributed by atoms with Gasteiger partial charge in [-0.15, -0.1) is 0 Å². The Morgan fingerprint density at radius 2 is 1.37 bits per heavy atom. The number of benzene rings is 4. The molecule has 0 bridgehead atoms. The average molecular weight is 418 g/mol. The predicted molar refractivity (Wildman–Crippen MR) is 130 cm³/mol. The van der Waals surface area contributed by atoms with E-state index in [0.29, 0.717) is 6.71 Å². The van der Waals surface area contributed by atoms with Gasteiger partial charge in [-0.1, -0.05) is 109 Å². The first-order valence-electron chi connectivity index (χ1n) is 10.5. The zero-order chi connectivity index (χ0) is 20.0. The largest absolute Gasteiger partial charge is 0.247 e. The summed E-state index contributed by atoms with van der Waals surface area (Å²) in [7, 11) is 0. The number of hydrogen-bond acceptors (Lipinski definition) is 2. The molecule has 1 aliphatic carbocycles. The molecule has 0 saturated carbocycles. The van der Waals surface area contributed by atoms with Crippen LogP contribution in [-0.2, 0) is 5.41 Å². The summed E-state index contributed by atoms with van der Waals surface area (Å²) in [5, 5.41) is 0. The summed E-state index contributed by atoms with van der Waals surface area (Å²) in [6.45, 7) is 5.12. The van der Waals surface area contributed by atoms with E-state index in [1.165, 1.54) is 58.2 Å². The van der Waals surface area contributed by atoms with Crippen molar-refractivity contribution in [1.29, 1.82) is 0 Å². The van der Waals surface area contributed by atoms with Gasteiger partial charge >= 0.3 is 0 Å². The molecule has 0 spiro atoms. The van der Waals surface area contributed by atoms with Gasteiger partial charge < -0.3 is 0 Å². The zero-order valence-electron chi connectivity index (χ0n) is 16.9. The van der Waals surface area contributed by atoms with Gasteiger partial charge in [-0.05, 0) is 45.9 Å². The lowest BCUT2D eigenvalue weighted by atomic mass is 9.36. The minimum atomic E-state index is 0.0162. The van der Waals surface area contributed by atoms with E-state index in [2.05, 4.69) is 92.7 Å². The second kappa shape index (κ2) is 5.87. The Kier molecular flexibility index (Phi) is 3.39. The summed E-state index contributed by atoms with van der Waals surface area (Å²) < 4.78 is 0. The van der Waals surface area contributed by atoms with Crippen LogP contribution in [0.4, 0.5) is 0 Å². The van der Waals surface area contributed by atoms with Crippen LogP contribution in [0.15, 0.2) is 98.4 Å². The summed E-state index contributed by atoms with van der Waals surface area (Å²) >= 11 is 3.92. The Morgan fingerprint density at radius 1 is 0.633 bits per heavy atom. The van der Waals surface area contributed by atoms with Gasteiger partial charge in [0.2, 0.25) is 6.71 Å². The third-order valence-corrected chi connectivity index (χ3v) is 9.38. The molecule has 0 amide bonds. The molecule has 0 radical (unpaired) electrons. The average Bonchev–Trinajstić information content (AvgIpc) is 3.01. The van der Waals surface area contributed by atoms with Crippen molar-refractivity contribution in [2.45, 2.75) is 38.8 Å². The molecule has 4 aromatic rings. The number of hydrogen-bond donors (Lipinski definition) is 0. The second-order valence-corrected chi connectivity index (χ2v) is 11.1. The van der Waals surface area contributed by atoms with Gasteiger partial charge in [0.1, 0.15) is 0 Å². The molecule has 0 nitrogen and oxygen atoms in total. The Balaban J connectivity index is 1.56. The molecule has 2 aliphatic heterocycles. The molecule has 3 aliphatic rings. The van der Waals surface area contributed by atoms with Gasteiger partial charge in [0.25, 0.3) is 0 Å². The lowest BCUT2D eigenvalue weighted by Crippen LogP contribution is -2.58. The molecular weight excluding hydrogens is 399 g/mol. The highest BCUT2D eigenvalue weighted by molar-refractivity contribution is 8.01. The minimum absolute atomic E-state index is 0.0162. The molecule has 0 aromatic heterocycles. The molecule has 0 atom stereocenters. The van der Waals surface area contributed by atoms with Crippen LogP contribution in [0.1, 0.15) is 25.0 Å². The molecule has 2 heterocycles. The maximum Gasteiger partial charge on any atom is 0.247 e. The summed E-state index contributed by atoms with van der Waals surface area (Å²) in [5.41, 5.74) is 10.2. The smallest absolute Gasteiger partial charge is 0.0911 e. The van der Waals surface area contributed by atoms with E-state index in [1.807, 2.05) is 23.5 Å². The lowest BCUT2D eigenvalue weighted by Gasteiger charge is -2.35. The second-order valence-electron chi connectivity index (χ2n) is 8.92. The van der Waals surface area contributed by atoms with E-state index in [0.717, 1.165) is 0 Å². The zero-order valence-corrected chi connectivity index (χ0v) is 18.5. The Morgan fingerprint density at radius 3 is 2.27 bits per heavy atom. The summed E-state index contributed by atoms with van der Waals surface area (Å²) in [6, 6.07) is 29.6. The van der Waals surface area contributed by atoms with Crippen molar-refractivity contribution < 1.29 is 0 Å². The van der Waals surface area contributed by atoms with Gasteiger partial charge in [-0.2, -0.15) is 0 Å². The highest BCUT2D eigenvalue weighted by atomic mass is 32.2. The first-order chi connectivity index (χ1) is 14.6. The molecule has 4 aromatic carbocycles. The Labute approximate surface area is 186 Å². The van der Waals surface area contributed by atoms with Crippen LogP contribution < -0.4 is 16.4 Å². The van der Waals surface area contributed by atoms with Crippen molar-refractivity contribution in [3.05, 3.63) is 90.0 Å². The van der Waals surface area contributed by atoms with Gasteiger partial charge in [-0.25, -0.2) is 0 Å². The van der Waals surface area contributed by atoms with E-state index in [1.54, 1.807) is 0 Å². The Hall–Kier alpha value is -2.36. The first-order valence-corrected chi connectivity index (χ1v) is 12.1. The summed E-state index contributed by atoms with van der Waals surface area (Å²) in [4.78, 5) is 5.71. The van der Waals surface area contributed by atoms with E-state index in [-0.39, 0.29) is 5.41 Å². The molecule has 0 unspecified atom stereocenters. The van der Waals surface area contributed by atoms with Crippen LogP contribution in [0.25, 0.3) is 11.1 Å². The quantitative estimate of drug-likeness (QED) is 0.302. The normalized spacial score (nSPS) is 16.3. The van der Waals surface area contributed by atoms with Crippen LogP contribution in [0.2, 0.25) is 0 Å². The van der Waals surface area contributed by atoms with Crippen LogP contribution in [0, 0.1) is 0 Å². The molecule has 0 fully saturated rings. The van der Waals surface area contributed by atoms with Gasteiger partial charge in [0.15, 0.2) is 0 Å². The first kappa shape index (κ1) is 17.3. The molecule has 0 saturated heterocycles. The minimum Gasteiger partial charge on any atom is -0.0911 e. The van der Waals surface area contributed by atoms with E-state index < -0.39 is 0 Å². The third kappa shape index (κ3) is 2.07. The maximum atomic E-state index is 2.41. The Bertz CT molecular complexity index is 1390. The van der Waals surface area contributed by atoms with Crippen LogP contribution in [0.5, 0.6) is 0 Å². The monoisotopic (exact) mass is 418 g/mol. The highest BCUT2D eigenvalue weighted by Gasteiger charge is 2.43. The van der Waals surface area contributed by atoms with Gasteiger partial charge in [0.05, 0.1) is 0 Å². The van der Waals surface area contributed by atoms with Crippen LogP contribution in [-0.4, -0.2) is 6.71 Å². The van der Waals surface area contributed by atoms with Crippen molar-refractivity contribution in [3.8, 4) is 11.1 Å². The van der Waals surface area contributed by atoms with E-state index in [4.69, 9.17) is 0 Å². The van der Waals surface area contributed by atoms with Crippen LogP contribution in [0.3, 0.4) is 0 Å². The number of rotatable bonds is 0. The molecule has 0 N–H and O–H groups in total. The van der Waals surface area contributed by atoms with Crippen molar-refractivity contribution in [2.24, 2.45) is 0 Å². The molecule has 3 heteroatoms. The SMILES string of the molecule is CC1(C)c2ccccc2-c2ccc3c(c21)Sc1cccc2c1B3c1ccccc1S2. The topological polar surface area (TPSA) is 0 Å². The standard InChI is InChI=1S/C27H19BS2/c1-27(2)18-9-4-3-8-16(18)17-14-15-20-26(24(17)27)30-23-13-7-12-22-25(23)28(20)19-10-5-6-11-21(19)29-22/h3-15H,1-2H3. The fourth-order valence-electron chi connectivity index (χ4n) is 5.68. The molecule has 142 valence electrons. The summed E-state index contributed by atoms with van der Waals surface area (Å²) in [6.07, 6.45) is 0.